The molecule has 0 spiro atoms. The molecule has 1 saturated carbocycles. The van der Waals surface area contributed by atoms with Gasteiger partial charge in [-0.1, -0.05) is 0 Å². The fourth-order valence-electron chi connectivity index (χ4n) is 4.80. The highest BCUT2D eigenvalue weighted by Gasteiger charge is 2.60. The zero-order valence-electron chi connectivity index (χ0n) is 16.1. The van der Waals surface area contributed by atoms with Gasteiger partial charge in [-0.25, -0.2) is 0 Å². The lowest BCUT2D eigenvalue weighted by atomic mass is 9.80. The third-order valence-electron chi connectivity index (χ3n) is 5.96. The summed E-state index contributed by atoms with van der Waals surface area (Å²) in [6.45, 7) is 6.88. The number of aliphatic imine (C=N–C) groups is 1. The summed E-state index contributed by atoms with van der Waals surface area (Å²) >= 11 is 0. The molecule has 0 aromatic rings. The summed E-state index contributed by atoms with van der Waals surface area (Å²) in [5.41, 5.74) is 1.07. The summed E-state index contributed by atoms with van der Waals surface area (Å²) in [5.74, 6) is -1.91. The molecule has 1 unspecified atom stereocenters. The van der Waals surface area contributed by atoms with Crippen molar-refractivity contribution in [2.45, 2.75) is 94.1 Å². The molecule has 0 amide bonds. The van der Waals surface area contributed by atoms with Gasteiger partial charge in [0.25, 0.3) is 0 Å². The van der Waals surface area contributed by atoms with Gasteiger partial charge in [-0.05, 0) is 27.7 Å². The molecule has 28 heavy (non-hydrogen) atoms. The molecule has 2 aliphatic carbocycles. The highest BCUT2D eigenvalue weighted by atomic mass is 16.8. The molecule has 0 aromatic heterocycles. The van der Waals surface area contributed by atoms with E-state index < -0.39 is 66.4 Å². The Morgan fingerprint density at radius 2 is 1.36 bits per heavy atom. The maximum Gasteiger partial charge on any atom is 0.164 e. The SMILES string of the molecule is CC1(C)O[C@H]2[C@H](O)[C@H](O)C3=C(NC4C(=N3)[C@H]3OC(C)(C)O[C@H]3[C@H](O)[C@@H]4O)[C@H]2O1. The van der Waals surface area contributed by atoms with Gasteiger partial charge in [-0.3, -0.25) is 4.99 Å². The molecule has 5 aliphatic rings. The molecule has 9 atom stereocenters. The number of fused-ring (bicyclic) bond motifs is 5. The van der Waals surface area contributed by atoms with E-state index in [-0.39, 0.29) is 5.70 Å². The molecule has 156 valence electrons. The van der Waals surface area contributed by atoms with E-state index in [2.05, 4.69) is 10.3 Å². The van der Waals surface area contributed by atoms with Crippen LogP contribution in [0.4, 0.5) is 0 Å². The fraction of sp³-hybridized carbons (Fsp3) is 0.833. The van der Waals surface area contributed by atoms with Gasteiger partial charge < -0.3 is 44.7 Å². The topological polar surface area (TPSA) is 142 Å². The number of nitrogens with one attached hydrogen (secondary N) is 1. The summed E-state index contributed by atoms with van der Waals surface area (Å²) in [5, 5.41) is 45.7. The Morgan fingerprint density at radius 1 is 0.786 bits per heavy atom. The molecule has 3 heterocycles. The first-order chi connectivity index (χ1) is 13.0. The van der Waals surface area contributed by atoms with Crippen molar-refractivity contribution >= 4 is 5.71 Å². The number of hydrogen-bond acceptors (Lipinski definition) is 10. The average Bonchev–Trinajstić information content (AvgIpc) is 3.12. The molecular weight excluding hydrogens is 372 g/mol. The van der Waals surface area contributed by atoms with Gasteiger partial charge in [-0.2, -0.15) is 0 Å². The van der Waals surface area contributed by atoms with Gasteiger partial charge in [0.05, 0.1) is 23.1 Å². The van der Waals surface area contributed by atoms with Crippen molar-refractivity contribution in [2.75, 3.05) is 0 Å². The molecule has 5 rings (SSSR count). The number of nitrogens with zero attached hydrogens (tertiary/aromatic N) is 1. The van der Waals surface area contributed by atoms with Crippen LogP contribution in [0.15, 0.2) is 16.4 Å². The van der Waals surface area contributed by atoms with Crippen molar-refractivity contribution in [3.05, 3.63) is 11.4 Å². The van der Waals surface area contributed by atoms with E-state index in [1.807, 2.05) is 0 Å². The molecule has 10 heteroatoms. The predicted octanol–water partition coefficient (Wildman–Crippen LogP) is -1.88. The van der Waals surface area contributed by atoms with Crippen molar-refractivity contribution < 1.29 is 39.4 Å². The maximum atomic E-state index is 10.7. The summed E-state index contributed by atoms with van der Waals surface area (Å²) in [7, 11) is 0. The molecule has 0 radical (unpaired) electrons. The Balaban J connectivity index is 1.58. The first-order valence-electron chi connectivity index (χ1n) is 9.52. The summed E-state index contributed by atoms with van der Waals surface area (Å²) in [6.07, 6.45) is -7.86. The van der Waals surface area contributed by atoms with Crippen molar-refractivity contribution in [3.8, 4) is 0 Å². The van der Waals surface area contributed by atoms with Crippen LogP contribution in [0.5, 0.6) is 0 Å². The normalized spacial score (nSPS) is 50.9. The van der Waals surface area contributed by atoms with Crippen LogP contribution in [0.3, 0.4) is 0 Å². The minimum Gasteiger partial charge on any atom is -0.388 e. The number of aliphatic hydroxyl groups is 4. The zero-order chi connectivity index (χ0) is 20.2. The summed E-state index contributed by atoms with van der Waals surface area (Å²) in [4.78, 5) is 4.57. The Hall–Kier alpha value is -1.11. The molecular formula is C18H26N2O8. The molecule has 2 saturated heterocycles. The smallest absolute Gasteiger partial charge is 0.164 e. The molecule has 3 fully saturated rings. The number of hydrogen-bond donors (Lipinski definition) is 5. The summed E-state index contributed by atoms with van der Waals surface area (Å²) < 4.78 is 23.3. The predicted molar refractivity (Wildman–Crippen MR) is 93.1 cm³/mol. The molecule has 0 aromatic carbocycles. The third kappa shape index (κ3) is 2.53. The quantitative estimate of drug-likeness (QED) is 0.317. The number of ether oxygens (including phenoxy) is 4. The van der Waals surface area contributed by atoms with Crippen molar-refractivity contribution in [3.63, 3.8) is 0 Å². The Kier molecular flexibility index (Phi) is 3.87. The fourth-order valence-corrected chi connectivity index (χ4v) is 4.80. The monoisotopic (exact) mass is 398 g/mol. The molecule has 3 aliphatic heterocycles. The first kappa shape index (κ1) is 18.9. The molecule has 0 bridgehead atoms. The van der Waals surface area contributed by atoms with E-state index in [0.29, 0.717) is 11.4 Å². The van der Waals surface area contributed by atoms with Crippen molar-refractivity contribution in [1.82, 2.24) is 5.32 Å². The minimum atomic E-state index is -1.30. The summed E-state index contributed by atoms with van der Waals surface area (Å²) in [6, 6.07) is -0.747. The van der Waals surface area contributed by atoms with Gasteiger partial charge in [-0.15, -0.1) is 0 Å². The minimum absolute atomic E-state index is 0.219. The largest absolute Gasteiger partial charge is 0.388 e. The lowest BCUT2D eigenvalue weighted by Crippen LogP contribution is -2.67. The second kappa shape index (κ2) is 5.73. The average molecular weight is 398 g/mol. The Bertz CT molecular complexity index is 765. The highest BCUT2D eigenvalue weighted by molar-refractivity contribution is 5.98. The molecule has 5 N–H and O–H groups in total. The van der Waals surface area contributed by atoms with Crippen LogP contribution in [0.25, 0.3) is 0 Å². The van der Waals surface area contributed by atoms with Crippen LogP contribution in [0.2, 0.25) is 0 Å². The van der Waals surface area contributed by atoms with Crippen LogP contribution < -0.4 is 5.32 Å². The lowest BCUT2D eigenvalue weighted by molar-refractivity contribution is -0.160. The number of aliphatic hydroxyl groups excluding tert-OH is 4. The maximum absolute atomic E-state index is 10.7. The molecule has 10 nitrogen and oxygen atoms in total. The van der Waals surface area contributed by atoms with E-state index in [1.165, 1.54) is 0 Å². The number of rotatable bonds is 0. The highest BCUT2D eigenvalue weighted by Crippen LogP contribution is 2.43. The Morgan fingerprint density at radius 3 is 2.00 bits per heavy atom. The van der Waals surface area contributed by atoms with E-state index in [4.69, 9.17) is 18.9 Å². The van der Waals surface area contributed by atoms with Gasteiger partial charge in [0.1, 0.15) is 48.8 Å². The second-order valence-corrected chi connectivity index (χ2v) is 8.92. The van der Waals surface area contributed by atoms with Crippen LogP contribution >= 0.6 is 0 Å². The van der Waals surface area contributed by atoms with E-state index in [9.17, 15) is 20.4 Å². The van der Waals surface area contributed by atoms with E-state index in [1.54, 1.807) is 27.7 Å². The van der Waals surface area contributed by atoms with Gasteiger partial charge in [0, 0.05) is 0 Å². The van der Waals surface area contributed by atoms with E-state index >= 15 is 0 Å². The van der Waals surface area contributed by atoms with Crippen molar-refractivity contribution in [1.29, 1.82) is 0 Å². The third-order valence-corrected chi connectivity index (χ3v) is 5.96. The zero-order valence-corrected chi connectivity index (χ0v) is 16.1. The van der Waals surface area contributed by atoms with Crippen LogP contribution in [-0.2, 0) is 18.9 Å². The van der Waals surface area contributed by atoms with Crippen LogP contribution in [0.1, 0.15) is 27.7 Å². The van der Waals surface area contributed by atoms with Gasteiger partial charge in [0.2, 0.25) is 0 Å². The van der Waals surface area contributed by atoms with Crippen LogP contribution in [0, 0.1) is 0 Å². The first-order valence-corrected chi connectivity index (χ1v) is 9.52. The van der Waals surface area contributed by atoms with E-state index in [0.717, 1.165) is 0 Å². The second-order valence-electron chi connectivity index (χ2n) is 8.92. The van der Waals surface area contributed by atoms with Gasteiger partial charge >= 0.3 is 0 Å². The van der Waals surface area contributed by atoms with Crippen molar-refractivity contribution in [2.24, 2.45) is 4.99 Å². The van der Waals surface area contributed by atoms with Crippen LogP contribution in [-0.4, -0.2) is 92.6 Å². The lowest BCUT2D eigenvalue weighted by Gasteiger charge is -2.45. The Labute approximate surface area is 161 Å². The standard InChI is InChI=1S/C18H26N2O8/c1-17(2)25-13-7-5(9(21)11(23)15(13)27-17)20-8-6(19-7)10(22)12(24)16-14(8)26-18(3,4)28-16/h5,9-16,20-24H,1-4H3/t5?,9-,10-,11-,12-,13-,14-,15+,16+/m1/s1. The van der Waals surface area contributed by atoms with Gasteiger partial charge in [0.15, 0.2) is 11.6 Å².